The third kappa shape index (κ3) is 5.67. The van der Waals surface area contributed by atoms with E-state index in [9.17, 15) is 9.90 Å². The Morgan fingerprint density at radius 2 is 2.04 bits per heavy atom. The number of phenolic OH excluding ortho intramolecular Hbond substituents is 1. The lowest BCUT2D eigenvalue weighted by atomic mass is 10.0. The van der Waals surface area contributed by atoms with Gasteiger partial charge in [0.25, 0.3) is 0 Å². The Morgan fingerprint density at radius 1 is 1.17 bits per heavy atom. The van der Waals surface area contributed by atoms with Crippen molar-refractivity contribution in [2.45, 2.75) is 38.5 Å². The number of aromatic hydroxyl groups is 1. The number of Topliss-reactive ketones (excluding diaryl/α,β-unsaturated/α-hetero) is 1. The van der Waals surface area contributed by atoms with Crippen molar-refractivity contribution in [3.8, 4) is 11.5 Å². The van der Waals surface area contributed by atoms with Crippen molar-refractivity contribution >= 4 is 5.78 Å². The Bertz CT molecular complexity index is 685. The molecule has 23 heavy (non-hydrogen) atoms. The number of carbonyl (C=O) groups is 1. The summed E-state index contributed by atoms with van der Waals surface area (Å²) in [5, 5.41) is 9.56. The minimum absolute atomic E-state index is 0.155. The van der Waals surface area contributed by atoms with Crippen LogP contribution in [-0.2, 0) is 11.2 Å². The van der Waals surface area contributed by atoms with Gasteiger partial charge in [-0.1, -0.05) is 17.5 Å². The van der Waals surface area contributed by atoms with Gasteiger partial charge in [0.1, 0.15) is 5.78 Å². The molecule has 2 rings (SSSR count). The highest BCUT2D eigenvalue weighted by Crippen LogP contribution is 2.27. The summed E-state index contributed by atoms with van der Waals surface area (Å²) in [5.41, 5.74) is 8.01. The monoisotopic (exact) mass is 310 g/mol. The van der Waals surface area contributed by atoms with Gasteiger partial charge in [0.15, 0.2) is 11.5 Å². The van der Waals surface area contributed by atoms with Crippen molar-refractivity contribution in [1.29, 1.82) is 0 Å². The number of methoxy groups -OCH3 is 1. The molecule has 1 N–H and O–H groups in total. The second-order valence-electron chi connectivity index (χ2n) is 5.59. The Labute approximate surface area is 137 Å². The maximum Gasteiger partial charge on any atom is 0.160 e. The second kappa shape index (κ2) is 8.85. The zero-order chi connectivity index (χ0) is 16.5. The molecule has 0 atom stereocenters. The molecule has 120 valence electrons. The van der Waals surface area contributed by atoms with Gasteiger partial charge in [-0.25, -0.2) is 0 Å². The van der Waals surface area contributed by atoms with Crippen LogP contribution in [0.25, 0.3) is 0 Å². The average molecular weight is 310 g/mol. The molecule has 0 radical (unpaired) electrons. The van der Waals surface area contributed by atoms with E-state index in [4.69, 9.17) is 4.74 Å². The van der Waals surface area contributed by atoms with Gasteiger partial charge in [0, 0.05) is 12.8 Å². The second-order valence-corrected chi connectivity index (χ2v) is 5.59. The number of aryl methyl sites for hydroxylation is 1. The van der Waals surface area contributed by atoms with Crippen molar-refractivity contribution in [3.63, 3.8) is 0 Å². The first-order valence-electron chi connectivity index (χ1n) is 7.93. The normalized spacial score (nSPS) is 12.3. The molecule has 1 aromatic carbocycles. The van der Waals surface area contributed by atoms with Crippen LogP contribution in [0.3, 0.4) is 0 Å². The maximum atomic E-state index is 11.9. The number of carbonyl (C=O) groups excluding carboxylic acids is 1. The van der Waals surface area contributed by atoms with Gasteiger partial charge in [0.2, 0.25) is 0 Å². The van der Waals surface area contributed by atoms with Gasteiger partial charge in [-0.3, -0.25) is 4.79 Å². The van der Waals surface area contributed by atoms with E-state index in [2.05, 4.69) is 11.5 Å². The van der Waals surface area contributed by atoms with Crippen molar-refractivity contribution in [2.24, 2.45) is 0 Å². The van der Waals surface area contributed by atoms with Crippen LogP contribution in [0.15, 0.2) is 53.5 Å². The van der Waals surface area contributed by atoms with Gasteiger partial charge in [-0.05, 0) is 67.2 Å². The Kier molecular flexibility index (Phi) is 6.50. The van der Waals surface area contributed by atoms with Crippen LogP contribution in [-0.4, -0.2) is 18.0 Å². The molecule has 0 saturated carbocycles. The van der Waals surface area contributed by atoms with E-state index >= 15 is 0 Å². The Balaban J connectivity index is 1.65. The lowest BCUT2D eigenvalue weighted by Gasteiger charge is -2.07. The van der Waals surface area contributed by atoms with Gasteiger partial charge in [-0.2, -0.15) is 0 Å². The average Bonchev–Trinajstić information content (AvgIpc) is 2.59. The lowest BCUT2D eigenvalue weighted by molar-refractivity contribution is -0.119. The van der Waals surface area contributed by atoms with E-state index in [1.54, 1.807) is 13.2 Å². The molecular weight excluding hydrogens is 288 g/mol. The smallest absolute Gasteiger partial charge is 0.160 e. The van der Waals surface area contributed by atoms with Crippen LogP contribution < -0.4 is 4.74 Å². The molecule has 0 aliphatic heterocycles. The van der Waals surface area contributed by atoms with Crippen molar-refractivity contribution < 1.29 is 14.6 Å². The van der Waals surface area contributed by atoms with E-state index in [1.165, 1.54) is 0 Å². The maximum absolute atomic E-state index is 11.9. The first-order valence-corrected chi connectivity index (χ1v) is 7.93. The topological polar surface area (TPSA) is 46.5 Å². The number of allylic oxidation sites excluding steroid dienone is 4. The van der Waals surface area contributed by atoms with Crippen LogP contribution in [0.4, 0.5) is 0 Å². The molecular formula is C20H22O3. The number of hydrogen-bond acceptors (Lipinski definition) is 3. The molecule has 0 spiro atoms. The van der Waals surface area contributed by atoms with Crippen molar-refractivity contribution in [3.05, 3.63) is 59.0 Å². The summed E-state index contributed by atoms with van der Waals surface area (Å²) in [6.07, 6.45) is 10.4. The summed E-state index contributed by atoms with van der Waals surface area (Å²) in [5.74, 6) is 0.957. The molecule has 0 heterocycles. The SMILES string of the molecule is COc1cc(CCCCC(=O)CCC2=CC=C=C=C2)ccc1O. The number of rotatable bonds is 9. The van der Waals surface area contributed by atoms with Crippen molar-refractivity contribution in [2.75, 3.05) is 7.11 Å². The fourth-order valence-corrected chi connectivity index (χ4v) is 2.47. The zero-order valence-corrected chi connectivity index (χ0v) is 13.5. The molecule has 0 fully saturated rings. The molecule has 0 amide bonds. The highest BCUT2D eigenvalue weighted by molar-refractivity contribution is 5.78. The van der Waals surface area contributed by atoms with Gasteiger partial charge >= 0.3 is 0 Å². The van der Waals surface area contributed by atoms with Gasteiger partial charge in [-0.15, -0.1) is 0 Å². The number of phenols is 1. The number of benzene rings is 1. The summed E-state index contributed by atoms with van der Waals surface area (Å²) in [6, 6.07) is 5.39. The van der Waals surface area contributed by atoms with Crippen LogP contribution in [0.1, 0.15) is 37.7 Å². The molecule has 3 heteroatoms. The predicted molar refractivity (Wildman–Crippen MR) is 90.7 cm³/mol. The van der Waals surface area contributed by atoms with E-state index < -0.39 is 0 Å². The summed E-state index contributed by atoms with van der Waals surface area (Å²) in [4.78, 5) is 11.9. The Morgan fingerprint density at radius 3 is 2.78 bits per heavy atom. The standard InChI is InChI=1S/C20H22O3/c1-23-20-15-17(12-14-19(20)22)9-5-6-10-18(21)13-11-16-7-3-2-4-8-16/h3,7-8,12,14-15,22H,5-6,9-11,13H2,1H3. The quantitative estimate of drug-likeness (QED) is 0.547. The third-order valence-corrected chi connectivity index (χ3v) is 3.83. The van der Waals surface area contributed by atoms with E-state index in [0.717, 1.165) is 36.8 Å². The largest absolute Gasteiger partial charge is 0.504 e. The summed E-state index contributed by atoms with van der Waals surface area (Å²) in [7, 11) is 1.54. The molecule has 0 unspecified atom stereocenters. The van der Waals surface area contributed by atoms with Crippen LogP contribution >= 0.6 is 0 Å². The molecule has 0 bridgehead atoms. The minimum atomic E-state index is 0.155. The molecule has 0 aromatic heterocycles. The molecule has 1 aliphatic rings. The Hall–Kier alpha value is -2.47. The van der Waals surface area contributed by atoms with Crippen LogP contribution in [0, 0.1) is 0 Å². The summed E-state index contributed by atoms with van der Waals surface area (Å²) in [6.45, 7) is 0. The van der Waals surface area contributed by atoms with E-state index in [1.807, 2.05) is 30.4 Å². The first-order chi connectivity index (χ1) is 11.2. The van der Waals surface area contributed by atoms with Gasteiger partial charge < -0.3 is 9.84 Å². The fourth-order valence-electron chi connectivity index (χ4n) is 2.47. The first kappa shape index (κ1) is 16.9. The molecule has 3 nitrogen and oxygen atoms in total. The summed E-state index contributed by atoms with van der Waals surface area (Å²) >= 11 is 0. The number of unbranched alkanes of at least 4 members (excludes halogenated alkanes) is 1. The van der Waals surface area contributed by atoms with Crippen LogP contribution in [0.2, 0.25) is 0 Å². The van der Waals surface area contributed by atoms with E-state index in [-0.39, 0.29) is 5.75 Å². The van der Waals surface area contributed by atoms with E-state index in [0.29, 0.717) is 24.4 Å². The zero-order valence-electron chi connectivity index (χ0n) is 13.5. The molecule has 1 aromatic rings. The summed E-state index contributed by atoms with van der Waals surface area (Å²) < 4.78 is 5.10. The molecule has 0 saturated heterocycles. The highest BCUT2D eigenvalue weighted by atomic mass is 16.5. The fraction of sp³-hybridized carbons (Fsp3) is 0.350. The predicted octanol–water partition coefficient (Wildman–Crippen LogP) is 4.27. The number of hydrogen-bond donors (Lipinski definition) is 1. The number of ether oxygens (including phenoxy) is 1. The van der Waals surface area contributed by atoms with Gasteiger partial charge in [0.05, 0.1) is 7.11 Å². The lowest BCUT2D eigenvalue weighted by Crippen LogP contribution is -1.99. The van der Waals surface area contributed by atoms with Crippen molar-refractivity contribution in [1.82, 2.24) is 0 Å². The highest BCUT2D eigenvalue weighted by Gasteiger charge is 2.05. The molecule has 1 aliphatic carbocycles. The third-order valence-electron chi connectivity index (χ3n) is 3.83. The van der Waals surface area contributed by atoms with Crippen LogP contribution in [0.5, 0.6) is 11.5 Å². The minimum Gasteiger partial charge on any atom is -0.504 e. The number of ketones is 1.